The van der Waals surface area contributed by atoms with Crippen LogP contribution in [0, 0.1) is 5.41 Å². The third-order valence-corrected chi connectivity index (χ3v) is 2.60. The van der Waals surface area contributed by atoms with E-state index in [9.17, 15) is 9.18 Å². The third kappa shape index (κ3) is 1.45. The normalized spacial score (nSPS) is 40.6. The molecule has 0 aliphatic heterocycles. The summed E-state index contributed by atoms with van der Waals surface area (Å²) in [5.74, 6) is -0.834. The monoisotopic (exact) mass is 174 g/mol. The minimum atomic E-state index is -1.24. The molecule has 1 fully saturated rings. The van der Waals surface area contributed by atoms with Crippen LogP contribution in [0.15, 0.2) is 0 Å². The predicted octanol–water partition coefficient (Wildman–Crippen LogP) is 2.38. The lowest BCUT2D eigenvalue weighted by Gasteiger charge is -2.47. The molecule has 0 heterocycles. The van der Waals surface area contributed by atoms with Gasteiger partial charge in [-0.2, -0.15) is 0 Å². The third-order valence-electron chi connectivity index (χ3n) is 2.60. The van der Waals surface area contributed by atoms with Gasteiger partial charge in [0.15, 0.2) is 0 Å². The van der Waals surface area contributed by atoms with Crippen LogP contribution < -0.4 is 0 Å². The topological polar surface area (TPSA) is 37.3 Å². The Morgan fingerprint density at radius 2 is 2.08 bits per heavy atom. The highest BCUT2D eigenvalue weighted by molar-refractivity contribution is 5.76. The molecular formula is C9H15FO2. The first-order valence-electron chi connectivity index (χ1n) is 4.34. The van der Waals surface area contributed by atoms with E-state index in [2.05, 4.69) is 0 Å². The van der Waals surface area contributed by atoms with E-state index in [1.54, 1.807) is 0 Å². The molecule has 1 rings (SSSR count). The molecule has 0 aromatic rings. The van der Waals surface area contributed by atoms with Gasteiger partial charge in [0.2, 0.25) is 0 Å². The second kappa shape index (κ2) is 2.71. The first-order valence-corrected chi connectivity index (χ1v) is 4.34. The van der Waals surface area contributed by atoms with Gasteiger partial charge < -0.3 is 5.11 Å². The van der Waals surface area contributed by atoms with Crippen molar-refractivity contribution in [2.75, 3.05) is 0 Å². The Morgan fingerprint density at radius 3 is 2.33 bits per heavy atom. The number of hydrogen-bond donors (Lipinski definition) is 1. The van der Waals surface area contributed by atoms with Crippen molar-refractivity contribution in [3.05, 3.63) is 0 Å². The Morgan fingerprint density at radius 1 is 1.58 bits per heavy atom. The van der Waals surface area contributed by atoms with E-state index in [0.29, 0.717) is 6.42 Å². The SMILES string of the molecule is CCCC1(C(=O)O)CC(C)(F)C1. The van der Waals surface area contributed by atoms with Gasteiger partial charge in [-0.1, -0.05) is 13.3 Å². The molecule has 12 heavy (non-hydrogen) atoms. The average Bonchev–Trinajstić information content (AvgIpc) is 1.83. The fraction of sp³-hybridized carbons (Fsp3) is 0.889. The smallest absolute Gasteiger partial charge is 0.309 e. The zero-order chi connectivity index (χ0) is 9.41. The molecule has 70 valence electrons. The van der Waals surface area contributed by atoms with Gasteiger partial charge in [0.25, 0.3) is 0 Å². The van der Waals surface area contributed by atoms with E-state index in [0.717, 1.165) is 6.42 Å². The molecule has 0 saturated heterocycles. The van der Waals surface area contributed by atoms with Gasteiger partial charge >= 0.3 is 5.97 Å². The minimum absolute atomic E-state index is 0.184. The van der Waals surface area contributed by atoms with Crippen molar-refractivity contribution in [3.63, 3.8) is 0 Å². The van der Waals surface area contributed by atoms with Crippen LogP contribution in [0.25, 0.3) is 0 Å². The quantitative estimate of drug-likeness (QED) is 0.713. The first kappa shape index (κ1) is 9.49. The van der Waals surface area contributed by atoms with Crippen molar-refractivity contribution < 1.29 is 14.3 Å². The first-order chi connectivity index (χ1) is 5.42. The zero-order valence-corrected chi connectivity index (χ0v) is 7.56. The molecule has 0 atom stereocenters. The second-order valence-electron chi connectivity index (χ2n) is 4.10. The van der Waals surface area contributed by atoms with Gasteiger partial charge in [0.1, 0.15) is 5.67 Å². The zero-order valence-electron chi connectivity index (χ0n) is 7.56. The highest BCUT2D eigenvalue weighted by Gasteiger charge is 2.56. The Labute approximate surface area is 71.8 Å². The van der Waals surface area contributed by atoms with E-state index in [4.69, 9.17) is 5.11 Å². The molecule has 3 heteroatoms. The molecule has 1 saturated carbocycles. The number of rotatable bonds is 3. The van der Waals surface area contributed by atoms with Crippen molar-refractivity contribution >= 4 is 5.97 Å². The summed E-state index contributed by atoms with van der Waals surface area (Å²) in [5, 5.41) is 8.88. The van der Waals surface area contributed by atoms with Crippen LogP contribution >= 0.6 is 0 Å². The molecule has 2 nitrogen and oxygen atoms in total. The van der Waals surface area contributed by atoms with Gasteiger partial charge in [0, 0.05) is 0 Å². The Hall–Kier alpha value is -0.600. The van der Waals surface area contributed by atoms with Crippen LogP contribution in [0.2, 0.25) is 0 Å². The highest BCUT2D eigenvalue weighted by Crippen LogP contribution is 2.53. The van der Waals surface area contributed by atoms with E-state index >= 15 is 0 Å². The average molecular weight is 174 g/mol. The van der Waals surface area contributed by atoms with Gasteiger partial charge in [-0.25, -0.2) is 4.39 Å². The molecule has 1 N–H and O–H groups in total. The second-order valence-corrected chi connectivity index (χ2v) is 4.10. The Kier molecular flexibility index (Phi) is 2.15. The van der Waals surface area contributed by atoms with Crippen molar-refractivity contribution in [2.24, 2.45) is 5.41 Å². The van der Waals surface area contributed by atoms with E-state index < -0.39 is 17.1 Å². The number of halogens is 1. The number of hydrogen-bond acceptors (Lipinski definition) is 1. The van der Waals surface area contributed by atoms with Crippen LogP contribution in [0.5, 0.6) is 0 Å². The molecule has 0 spiro atoms. The highest BCUT2D eigenvalue weighted by atomic mass is 19.1. The Bertz CT molecular complexity index is 191. The lowest BCUT2D eigenvalue weighted by molar-refractivity contribution is -0.168. The number of carboxylic acid groups (broad SMARTS) is 1. The molecule has 0 bridgehead atoms. The van der Waals surface area contributed by atoms with Crippen LogP contribution in [0.3, 0.4) is 0 Å². The van der Waals surface area contributed by atoms with E-state index in [1.807, 2.05) is 6.92 Å². The largest absolute Gasteiger partial charge is 0.481 e. The number of carbonyl (C=O) groups is 1. The molecule has 1 aliphatic carbocycles. The van der Waals surface area contributed by atoms with Crippen molar-refractivity contribution in [2.45, 2.75) is 45.2 Å². The molecule has 0 radical (unpaired) electrons. The van der Waals surface area contributed by atoms with E-state index in [-0.39, 0.29) is 12.8 Å². The van der Waals surface area contributed by atoms with Crippen LogP contribution in [-0.2, 0) is 4.79 Å². The summed E-state index contributed by atoms with van der Waals surface area (Å²) in [7, 11) is 0. The van der Waals surface area contributed by atoms with Gasteiger partial charge in [-0.15, -0.1) is 0 Å². The van der Waals surface area contributed by atoms with Crippen molar-refractivity contribution in [1.82, 2.24) is 0 Å². The number of alkyl halides is 1. The summed E-state index contributed by atoms with van der Waals surface area (Å²) >= 11 is 0. The maximum absolute atomic E-state index is 13.1. The summed E-state index contributed by atoms with van der Waals surface area (Å²) in [5.41, 5.74) is -1.99. The lowest BCUT2D eigenvalue weighted by Crippen LogP contribution is -2.51. The van der Waals surface area contributed by atoms with Crippen LogP contribution in [-0.4, -0.2) is 16.7 Å². The summed E-state index contributed by atoms with van der Waals surface area (Å²) in [4.78, 5) is 10.8. The molecule has 0 aromatic heterocycles. The minimum Gasteiger partial charge on any atom is -0.481 e. The summed E-state index contributed by atoms with van der Waals surface area (Å²) in [6.45, 7) is 3.41. The maximum Gasteiger partial charge on any atom is 0.309 e. The van der Waals surface area contributed by atoms with E-state index in [1.165, 1.54) is 6.92 Å². The Balaban J connectivity index is 2.62. The van der Waals surface area contributed by atoms with Crippen molar-refractivity contribution in [1.29, 1.82) is 0 Å². The molecular weight excluding hydrogens is 159 g/mol. The molecule has 0 aromatic carbocycles. The number of aliphatic carboxylic acids is 1. The summed E-state index contributed by atoms with van der Waals surface area (Å²) in [6, 6.07) is 0. The summed E-state index contributed by atoms with van der Waals surface area (Å²) < 4.78 is 13.1. The standard InChI is InChI=1S/C9H15FO2/c1-3-4-9(7(11)12)5-8(2,10)6-9/h3-6H2,1-2H3,(H,11,12). The fourth-order valence-corrected chi connectivity index (χ4v) is 2.27. The number of carboxylic acids is 1. The molecule has 0 amide bonds. The predicted molar refractivity (Wildman–Crippen MR) is 43.7 cm³/mol. The van der Waals surface area contributed by atoms with Crippen LogP contribution in [0.4, 0.5) is 4.39 Å². The van der Waals surface area contributed by atoms with Gasteiger partial charge in [0.05, 0.1) is 5.41 Å². The fourth-order valence-electron chi connectivity index (χ4n) is 2.27. The van der Waals surface area contributed by atoms with Crippen LogP contribution in [0.1, 0.15) is 39.5 Å². The molecule has 0 unspecified atom stereocenters. The van der Waals surface area contributed by atoms with Gasteiger partial charge in [-0.3, -0.25) is 4.79 Å². The van der Waals surface area contributed by atoms with Gasteiger partial charge in [-0.05, 0) is 26.2 Å². The maximum atomic E-state index is 13.1. The molecule has 1 aliphatic rings. The lowest BCUT2D eigenvalue weighted by atomic mass is 9.59. The summed E-state index contributed by atoms with van der Waals surface area (Å²) in [6.07, 6.45) is 1.77. The van der Waals surface area contributed by atoms with Crippen molar-refractivity contribution in [3.8, 4) is 0 Å².